The normalized spacial score (nSPS) is 10.1. The summed E-state index contributed by atoms with van der Waals surface area (Å²) in [5.41, 5.74) is 11.6. The Labute approximate surface area is 112 Å². The number of benzene rings is 1. The molecule has 1 heterocycles. The maximum atomic E-state index is 11.3. The molecule has 1 amide bonds. The fourth-order valence-corrected chi connectivity index (χ4v) is 1.77. The second kappa shape index (κ2) is 5.05. The molecule has 0 atom stereocenters. The average Bonchev–Trinajstić information content (AvgIpc) is 2.31. The number of nitrogens with zero attached hydrogens (tertiary/aromatic N) is 1. The van der Waals surface area contributed by atoms with Crippen LogP contribution in [0, 0.1) is 0 Å². The molecule has 0 saturated carbocycles. The van der Waals surface area contributed by atoms with E-state index >= 15 is 0 Å². The molecule has 0 aliphatic rings. The van der Waals surface area contributed by atoms with Gasteiger partial charge in [-0.1, -0.05) is 6.07 Å². The lowest BCUT2D eigenvalue weighted by molar-refractivity contribution is 0.0998. The second-order valence-electron chi connectivity index (χ2n) is 3.53. The number of anilines is 1. The van der Waals surface area contributed by atoms with E-state index in [9.17, 15) is 4.79 Å². The van der Waals surface area contributed by atoms with Crippen LogP contribution in [0.15, 0.2) is 41.1 Å². The van der Waals surface area contributed by atoms with Gasteiger partial charge in [0.05, 0.1) is 17.4 Å². The minimum atomic E-state index is -0.597. The van der Waals surface area contributed by atoms with E-state index in [1.165, 1.54) is 6.20 Å². The van der Waals surface area contributed by atoms with Gasteiger partial charge in [-0.3, -0.25) is 9.78 Å². The molecule has 92 valence electrons. The summed E-state index contributed by atoms with van der Waals surface area (Å²) >= 11 is 3.28. The fraction of sp³-hybridized carbons (Fsp3) is 0. The summed E-state index contributed by atoms with van der Waals surface area (Å²) in [7, 11) is 0. The van der Waals surface area contributed by atoms with Gasteiger partial charge < -0.3 is 16.2 Å². The molecule has 18 heavy (non-hydrogen) atoms. The summed E-state index contributed by atoms with van der Waals surface area (Å²) in [6.07, 6.45) is 3.14. The van der Waals surface area contributed by atoms with Crippen LogP contribution in [0.4, 0.5) is 5.69 Å². The summed E-state index contributed by atoms with van der Waals surface area (Å²) in [5.74, 6) is 0.106. The Morgan fingerprint density at radius 3 is 2.78 bits per heavy atom. The zero-order valence-corrected chi connectivity index (χ0v) is 10.8. The molecule has 0 aliphatic heterocycles. The minimum Gasteiger partial charge on any atom is -0.453 e. The van der Waals surface area contributed by atoms with Gasteiger partial charge in [-0.2, -0.15) is 0 Å². The van der Waals surface area contributed by atoms with Crippen molar-refractivity contribution in [3.8, 4) is 11.5 Å². The van der Waals surface area contributed by atoms with E-state index < -0.39 is 5.91 Å². The molecule has 1 aromatic carbocycles. The number of amides is 1. The van der Waals surface area contributed by atoms with Gasteiger partial charge in [0.2, 0.25) is 0 Å². The third-order valence-corrected chi connectivity index (χ3v) is 2.64. The number of hydrogen-bond donors (Lipinski definition) is 2. The number of aromatic nitrogens is 1. The van der Waals surface area contributed by atoms with Gasteiger partial charge in [-0.05, 0) is 34.1 Å². The third-order valence-electron chi connectivity index (χ3n) is 2.21. The van der Waals surface area contributed by atoms with Crippen LogP contribution in [0.2, 0.25) is 0 Å². The van der Waals surface area contributed by atoms with Crippen molar-refractivity contribution in [3.05, 3.63) is 46.7 Å². The highest BCUT2D eigenvalue weighted by molar-refractivity contribution is 9.10. The van der Waals surface area contributed by atoms with Crippen molar-refractivity contribution in [1.82, 2.24) is 4.98 Å². The maximum absolute atomic E-state index is 11.3. The first-order chi connectivity index (χ1) is 8.58. The van der Waals surface area contributed by atoms with Gasteiger partial charge in [-0.25, -0.2) is 0 Å². The number of halogens is 1. The highest BCUT2D eigenvalue weighted by atomic mass is 79.9. The van der Waals surface area contributed by atoms with Gasteiger partial charge in [0.15, 0.2) is 5.75 Å². The van der Waals surface area contributed by atoms with E-state index in [2.05, 4.69) is 20.9 Å². The van der Waals surface area contributed by atoms with E-state index in [0.717, 1.165) is 4.47 Å². The zero-order chi connectivity index (χ0) is 13.1. The van der Waals surface area contributed by atoms with Crippen molar-refractivity contribution in [2.75, 3.05) is 5.73 Å². The fourth-order valence-electron chi connectivity index (χ4n) is 1.43. The van der Waals surface area contributed by atoms with Gasteiger partial charge >= 0.3 is 0 Å². The lowest BCUT2D eigenvalue weighted by Crippen LogP contribution is -2.13. The van der Waals surface area contributed by atoms with Crippen molar-refractivity contribution in [2.24, 2.45) is 5.73 Å². The van der Waals surface area contributed by atoms with Crippen LogP contribution in [0.1, 0.15) is 10.4 Å². The molecule has 0 bridgehead atoms. The van der Waals surface area contributed by atoms with Crippen LogP contribution >= 0.6 is 15.9 Å². The smallest absolute Gasteiger partial charge is 0.252 e. The highest BCUT2D eigenvalue weighted by Gasteiger charge is 2.13. The van der Waals surface area contributed by atoms with Gasteiger partial charge in [0.1, 0.15) is 5.75 Å². The largest absolute Gasteiger partial charge is 0.453 e. The number of carbonyl (C=O) groups excluding carboxylic acids is 1. The molecular formula is C12H10BrN3O2. The Bertz CT molecular complexity index is 602. The second-order valence-corrected chi connectivity index (χ2v) is 4.44. The molecule has 2 rings (SSSR count). The molecule has 6 heteroatoms. The standard InChI is InChI=1S/C12H10BrN3O2/c13-7-4-8(6-16-5-7)18-11-9(12(15)17)2-1-3-10(11)14/h1-6H,14H2,(H2,15,17). The summed E-state index contributed by atoms with van der Waals surface area (Å²) in [6.45, 7) is 0. The monoisotopic (exact) mass is 307 g/mol. The molecule has 0 fully saturated rings. The van der Waals surface area contributed by atoms with Crippen molar-refractivity contribution in [2.45, 2.75) is 0 Å². The first kappa shape index (κ1) is 12.4. The number of hydrogen-bond acceptors (Lipinski definition) is 4. The number of rotatable bonds is 3. The van der Waals surface area contributed by atoms with Gasteiger partial charge in [-0.15, -0.1) is 0 Å². The topological polar surface area (TPSA) is 91.2 Å². The molecule has 0 radical (unpaired) electrons. The van der Waals surface area contributed by atoms with Crippen LogP contribution in [0.3, 0.4) is 0 Å². The first-order valence-electron chi connectivity index (χ1n) is 5.04. The molecule has 0 unspecified atom stereocenters. The molecule has 0 aliphatic carbocycles. The van der Waals surface area contributed by atoms with Crippen LogP contribution < -0.4 is 16.2 Å². The molecule has 0 saturated heterocycles. The predicted molar refractivity (Wildman–Crippen MR) is 71.4 cm³/mol. The number of pyridine rings is 1. The molecule has 2 aromatic rings. The lowest BCUT2D eigenvalue weighted by atomic mass is 10.1. The number of primary amides is 1. The quantitative estimate of drug-likeness (QED) is 0.851. The molecule has 1 aromatic heterocycles. The Morgan fingerprint density at radius 2 is 2.11 bits per heavy atom. The first-order valence-corrected chi connectivity index (χ1v) is 5.84. The Hall–Kier alpha value is -2.08. The van der Waals surface area contributed by atoms with Crippen LogP contribution in [0.5, 0.6) is 11.5 Å². The molecule has 0 spiro atoms. The van der Waals surface area contributed by atoms with Crippen molar-refractivity contribution >= 4 is 27.5 Å². The third kappa shape index (κ3) is 2.60. The number of nitrogen functional groups attached to an aromatic ring is 1. The van der Waals surface area contributed by atoms with E-state index in [1.807, 2.05) is 0 Å². The lowest BCUT2D eigenvalue weighted by Gasteiger charge is -2.11. The number of nitrogens with two attached hydrogens (primary N) is 2. The number of carbonyl (C=O) groups is 1. The predicted octanol–water partition coefficient (Wildman–Crippen LogP) is 2.32. The zero-order valence-electron chi connectivity index (χ0n) is 9.26. The molecular weight excluding hydrogens is 298 g/mol. The minimum absolute atomic E-state index is 0.231. The summed E-state index contributed by atoms with van der Waals surface area (Å²) in [4.78, 5) is 15.2. The SMILES string of the molecule is NC(=O)c1cccc(N)c1Oc1cncc(Br)c1. The Kier molecular flexibility index (Phi) is 3.47. The molecule has 4 N–H and O–H groups in total. The van der Waals surface area contributed by atoms with Gasteiger partial charge in [0.25, 0.3) is 5.91 Å². The van der Waals surface area contributed by atoms with E-state index in [-0.39, 0.29) is 11.3 Å². The van der Waals surface area contributed by atoms with Crippen molar-refractivity contribution in [3.63, 3.8) is 0 Å². The van der Waals surface area contributed by atoms with Crippen LogP contribution in [0.25, 0.3) is 0 Å². The van der Waals surface area contributed by atoms with E-state index in [0.29, 0.717) is 11.4 Å². The average molecular weight is 308 g/mol. The van der Waals surface area contributed by atoms with Crippen molar-refractivity contribution < 1.29 is 9.53 Å². The van der Waals surface area contributed by atoms with Gasteiger partial charge in [0, 0.05) is 10.7 Å². The summed E-state index contributed by atoms with van der Waals surface area (Å²) in [5, 5.41) is 0. The summed E-state index contributed by atoms with van der Waals surface area (Å²) < 4.78 is 6.32. The Morgan fingerprint density at radius 1 is 1.33 bits per heavy atom. The summed E-state index contributed by atoms with van der Waals surface area (Å²) in [6, 6.07) is 6.54. The number of ether oxygens (including phenoxy) is 1. The molecule has 5 nitrogen and oxygen atoms in total. The highest BCUT2D eigenvalue weighted by Crippen LogP contribution is 2.31. The van der Waals surface area contributed by atoms with Crippen LogP contribution in [-0.4, -0.2) is 10.9 Å². The van der Waals surface area contributed by atoms with E-state index in [4.69, 9.17) is 16.2 Å². The van der Waals surface area contributed by atoms with Crippen LogP contribution in [-0.2, 0) is 0 Å². The van der Waals surface area contributed by atoms with E-state index in [1.54, 1.807) is 30.5 Å². The Balaban J connectivity index is 2.42. The van der Waals surface area contributed by atoms with Crippen molar-refractivity contribution in [1.29, 1.82) is 0 Å². The maximum Gasteiger partial charge on any atom is 0.252 e. The number of para-hydroxylation sites is 1.